The second kappa shape index (κ2) is 6.00. The van der Waals surface area contributed by atoms with Gasteiger partial charge in [0.2, 0.25) is 5.95 Å². The number of anilines is 1. The minimum atomic E-state index is 0.127. The number of carbonyl (C=O) groups is 1. The van der Waals surface area contributed by atoms with Crippen molar-refractivity contribution >= 4 is 23.2 Å². The van der Waals surface area contributed by atoms with Crippen LogP contribution in [0.4, 0.5) is 5.95 Å². The third-order valence-electron chi connectivity index (χ3n) is 3.39. The standard InChI is InChI=1S/C14H16N4OS/c19-13(12-3-10-20-11-12)17-6-2-7-18(9-8-17)14-15-4-1-5-16-14/h1,3-5,10-11H,2,6-9H2. The molecule has 20 heavy (non-hydrogen) atoms. The molecule has 0 radical (unpaired) electrons. The predicted molar refractivity (Wildman–Crippen MR) is 79.1 cm³/mol. The molecule has 0 unspecified atom stereocenters. The molecule has 0 atom stereocenters. The smallest absolute Gasteiger partial charge is 0.254 e. The van der Waals surface area contributed by atoms with Crippen LogP contribution in [-0.2, 0) is 0 Å². The Morgan fingerprint density at radius 3 is 2.75 bits per heavy atom. The van der Waals surface area contributed by atoms with E-state index >= 15 is 0 Å². The number of nitrogens with zero attached hydrogens (tertiary/aromatic N) is 4. The Morgan fingerprint density at radius 1 is 1.15 bits per heavy atom. The number of amides is 1. The van der Waals surface area contributed by atoms with Gasteiger partial charge in [-0.05, 0) is 23.9 Å². The molecule has 2 aromatic rings. The highest BCUT2D eigenvalue weighted by Crippen LogP contribution is 2.14. The molecule has 6 heteroatoms. The minimum absolute atomic E-state index is 0.127. The Kier molecular flexibility index (Phi) is 3.92. The molecule has 104 valence electrons. The lowest BCUT2D eigenvalue weighted by molar-refractivity contribution is 0.0767. The molecule has 1 fully saturated rings. The molecule has 5 nitrogen and oxygen atoms in total. The van der Waals surface area contributed by atoms with Gasteiger partial charge in [0, 0.05) is 44.0 Å². The zero-order valence-electron chi connectivity index (χ0n) is 11.1. The van der Waals surface area contributed by atoms with Crippen LogP contribution in [-0.4, -0.2) is 47.0 Å². The van der Waals surface area contributed by atoms with Crippen LogP contribution in [0.25, 0.3) is 0 Å². The number of aromatic nitrogens is 2. The summed E-state index contributed by atoms with van der Waals surface area (Å²) in [4.78, 5) is 25.0. The van der Waals surface area contributed by atoms with Crippen LogP contribution in [0.1, 0.15) is 16.8 Å². The first-order valence-electron chi connectivity index (χ1n) is 6.68. The molecule has 0 N–H and O–H groups in total. The van der Waals surface area contributed by atoms with Crippen molar-refractivity contribution in [2.24, 2.45) is 0 Å². The van der Waals surface area contributed by atoms with Crippen LogP contribution < -0.4 is 4.90 Å². The van der Waals surface area contributed by atoms with Crippen molar-refractivity contribution in [1.29, 1.82) is 0 Å². The van der Waals surface area contributed by atoms with E-state index in [-0.39, 0.29) is 5.91 Å². The highest BCUT2D eigenvalue weighted by atomic mass is 32.1. The highest BCUT2D eigenvalue weighted by Gasteiger charge is 2.21. The number of thiophene rings is 1. The number of hydrogen-bond donors (Lipinski definition) is 0. The third-order valence-corrected chi connectivity index (χ3v) is 4.07. The van der Waals surface area contributed by atoms with Crippen LogP contribution in [0.5, 0.6) is 0 Å². The van der Waals surface area contributed by atoms with E-state index in [0.29, 0.717) is 6.54 Å². The molecule has 0 spiro atoms. The maximum absolute atomic E-state index is 12.3. The highest BCUT2D eigenvalue weighted by molar-refractivity contribution is 7.08. The fourth-order valence-corrected chi connectivity index (χ4v) is 2.97. The summed E-state index contributed by atoms with van der Waals surface area (Å²) in [7, 11) is 0. The van der Waals surface area contributed by atoms with Crippen LogP contribution in [0.3, 0.4) is 0 Å². The molecule has 0 aromatic carbocycles. The lowest BCUT2D eigenvalue weighted by atomic mass is 10.3. The summed E-state index contributed by atoms with van der Waals surface area (Å²) in [6.45, 7) is 3.17. The van der Waals surface area contributed by atoms with Crippen molar-refractivity contribution in [3.05, 3.63) is 40.8 Å². The Labute approximate surface area is 121 Å². The summed E-state index contributed by atoms with van der Waals surface area (Å²) in [6, 6.07) is 3.70. The van der Waals surface area contributed by atoms with Crippen molar-refractivity contribution in [1.82, 2.24) is 14.9 Å². The summed E-state index contributed by atoms with van der Waals surface area (Å²) in [5.74, 6) is 0.874. The maximum atomic E-state index is 12.3. The fourth-order valence-electron chi connectivity index (χ4n) is 2.34. The van der Waals surface area contributed by atoms with E-state index in [1.165, 1.54) is 0 Å². The van der Waals surface area contributed by atoms with Crippen molar-refractivity contribution in [2.45, 2.75) is 6.42 Å². The van der Waals surface area contributed by atoms with E-state index in [1.807, 2.05) is 27.8 Å². The molecule has 3 heterocycles. The SMILES string of the molecule is O=C(c1ccsc1)N1CCCN(c2ncccn2)CC1. The third kappa shape index (κ3) is 2.80. The Balaban J connectivity index is 1.67. The van der Waals surface area contributed by atoms with Crippen molar-refractivity contribution < 1.29 is 4.79 Å². The van der Waals surface area contributed by atoms with E-state index in [2.05, 4.69) is 14.9 Å². The van der Waals surface area contributed by atoms with Gasteiger partial charge in [0.1, 0.15) is 0 Å². The van der Waals surface area contributed by atoms with Crippen LogP contribution >= 0.6 is 11.3 Å². The van der Waals surface area contributed by atoms with E-state index in [0.717, 1.165) is 37.6 Å². The summed E-state index contributed by atoms with van der Waals surface area (Å²) in [6.07, 6.45) is 4.44. The first-order chi connectivity index (χ1) is 9.84. The second-order valence-corrected chi connectivity index (χ2v) is 5.47. The van der Waals surface area contributed by atoms with E-state index < -0.39 is 0 Å². The van der Waals surface area contributed by atoms with Crippen molar-refractivity contribution in [3.63, 3.8) is 0 Å². The van der Waals surface area contributed by atoms with E-state index in [4.69, 9.17) is 0 Å². The molecule has 1 aliphatic rings. The molecule has 3 rings (SSSR count). The fraction of sp³-hybridized carbons (Fsp3) is 0.357. The topological polar surface area (TPSA) is 49.3 Å². The molecule has 1 saturated heterocycles. The summed E-state index contributed by atoms with van der Waals surface area (Å²) in [5.41, 5.74) is 0.791. The molecule has 1 amide bonds. The van der Waals surface area contributed by atoms with Crippen LogP contribution in [0, 0.1) is 0 Å². The largest absolute Gasteiger partial charge is 0.339 e. The van der Waals surface area contributed by atoms with Crippen molar-refractivity contribution in [3.8, 4) is 0 Å². The van der Waals surface area contributed by atoms with E-state index in [9.17, 15) is 4.79 Å². The van der Waals surface area contributed by atoms with Gasteiger partial charge < -0.3 is 9.80 Å². The summed E-state index contributed by atoms with van der Waals surface area (Å²) < 4.78 is 0. The van der Waals surface area contributed by atoms with Gasteiger partial charge in [-0.25, -0.2) is 9.97 Å². The monoisotopic (exact) mass is 288 g/mol. The zero-order valence-corrected chi connectivity index (χ0v) is 11.9. The molecule has 0 saturated carbocycles. The molecule has 1 aliphatic heterocycles. The van der Waals surface area contributed by atoms with E-state index in [1.54, 1.807) is 23.7 Å². The predicted octanol–water partition coefficient (Wildman–Crippen LogP) is 1.89. The summed E-state index contributed by atoms with van der Waals surface area (Å²) >= 11 is 1.56. The minimum Gasteiger partial charge on any atom is -0.339 e. The molecule has 2 aromatic heterocycles. The molecular formula is C14H16N4OS. The average Bonchev–Trinajstić information content (AvgIpc) is 2.92. The number of hydrogen-bond acceptors (Lipinski definition) is 5. The first-order valence-corrected chi connectivity index (χ1v) is 7.62. The number of rotatable bonds is 2. The Bertz CT molecular complexity index is 558. The van der Waals surface area contributed by atoms with Gasteiger partial charge in [0.25, 0.3) is 5.91 Å². The second-order valence-electron chi connectivity index (χ2n) is 4.69. The Morgan fingerprint density at radius 2 is 2.00 bits per heavy atom. The number of carbonyl (C=O) groups excluding carboxylic acids is 1. The van der Waals surface area contributed by atoms with Gasteiger partial charge in [-0.3, -0.25) is 4.79 Å². The Hall–Kier alpha value is -1.95. The first kappa shape index (κ1) is 13.1. The van der Waals surface area contributed by atoms with Gasteiger partial charge in [-0.15, -0.1) is 0 Å². The molecular weight excluding hydrogens is 272 g/mol. The van der Waals surface area contributed by atoms with Gasteiger partial charge in [0.15, 0.2) is 0 Å². The molecule has 0 bridgehead atoms. The average molecular weight is 288 g/mol. The quantitative estimate of drug-likeness (QED) is 0.847. The maximum Gasteiger partial charge on any atom is 0.254 e. The lowest BCUT2D eigenvalue weighted by Crippen LogP contribution is -2.35. The van der Waals surface area contributed by atoms with Gasteiger partial charge in [0.05, 0.1) is 5.56 Å². The van der Waals surface area contributed by atoms with Gasteiger partial charge in [-0.2, -0.15) is 11.3 Å². The van der Waals surface area contributed by atoms with Gasteiger partial charge in [-0.1, -0.05) is 0 Å². The van der Waals surface area contributed by atoms with Gasteiger partial charge >= 0.3 is 0 Å². The van der Waals surface area contributed by atoms with Crippen LogP contribution in [0.15, 0.2) is 35.3 Å². The normalized spacial score (nSPS) is 16.0. The van der Waals surface area contributed by atoms with Crippen LogP contribution in [0.2, 0.25) is 0 Å². The molecule has 0 aliphatic carbocycles. The van der Waals surface area contributed by atoms with Crippen molar-refractivity contribution in [2.75, 3.05) is 31.1 Å². The lowest BCUT2D eigenvalue weighted by Gasteiger charge is -2.21. The summed E-state index contributed by atoms with van der Waals surface area (Å²) in [5, 5.41) is 3.85. The zero-order chi connectivity index (χ0) is 13.8.